The van der Waals surface area contributed by atoms with Crippen molar-refractivity contribution in [1.29, 1.82) is 0 Å². The van der Waals surface area contributed by atoms with Crippen LogP contribution >= 0.6 is 0 Å². The van der Waals surface area contributed by atoms with Gasteiger partial charge in [0.2, 0.25) is 0 Å². The highest BCUT2D eigenvalue weighted by atomic mass is 16.5. The fourth-order valence-corrected chi connectivity index (χ4v) is 4.74. The van der Waals surface area contributed by atoms with Gasteiger partial charge in [0, 0.05) is 12.7 Å². The Kier molecular flexibility index (Phi) is 7.16. The van der Waals surface area contributed by atoms with Gasteiger partial charge in [-0.05, 0) is 47.0 Å². The molecule has 0 saturated heterocycles. The highest BCUT2D eigenvalue weighted by Gasteiger charge is 2.38. The lowest BCUT2D eigenvalue weighted by Crippen LogP contribution is -2.33. The van der Waals surface area contributed by atoms with Crippen LogP contribution in [0.2, 0.25) is 0 Å². The van der Waals surface area contributed by atoms with Crippen molar-refractivity contribution in [3.63, 3.8) is 0 Å². The second-order valence-corrected chi connectivity index (χ2v) is 8.56. The minimum atomic E-state index is -0.958. The molecule has 0 fully saturated rings. The third kappa shape index (κ3) is 4.67. The Morgan fingerprint density at radius 1 is 0.784 bits per heavy atom. The van der Waals surface area contributed by atoms with E-state index < -0.39 is 5.60 Å². The van der Waals surface area contributed by atoms with Crippen molar-refractivity contribution in [1.82, 2.24) is 14.5 Å². The molecule has 0 spiro atoms. The van der Waals surface area contributed by atoms with Gasteiger partial charge in [0.1, 0.15) is 35.0 Å². The van der Waals surface area contributed by atoms with Gasteiger partial charge in [-0.25, -0.2) is 4.98 Å². The lowest BCUT2D eigenvalue weighted by molar-refractivity contribution is -0.00456. The number of hydrogen-bond acceptors (Lipinski definition) is 6. The van der Waals surface area contributed by atoms with Crippen molar-refractivity contribution in [2.45, 2.75) is 18.8 Å². The largest absolute Gasteiger partial charge is 0.497 e. The summed E-state index contributed by atoms with van der Waals surface area (Å²) in [5.41, 5.74) is 3.56. The first-order valence-electron chi connectivity index (χ1n) is 12.1. The molecule has 0 radical (unpaired) electrons. The van der Waals surface area contributed by atoms with Crippen molar-refractivity contribution in [2.24, 2.45) is 0 Å². The predicted octanol–water partition coefficient (Wildman–Crippen LogP) is 4.95. The number of rotatable bonds is 10. The van der Waals surface area contributed by atoms with Gasteiger partial charge in [0.25, 0.3) is 0 Å². The molecule has 3 aromatic carbocycles. The molecule has 5 aromatic rings. The number of nitrogens with zero attached hydrogens (tertiary/aromatic N) is 3. The second kappa shape index (κ2) is 10.8. The van der Waals surface area contributed by atoms with Crippen molar-refractivity contribution < 1.29 is 19.3 Å². The molecule has 7 heteroatoms. The highest BCUT2D eigenvalue weighted by Crippen LogP contribution is 2.42. The molecule has 0 aliphatic heterocycles. The average Bonchev–Trinajstić information content (AvgIpc) is 3.32. The van der Waals surface area contributed by atoms with Crippen LogP contribution in [0, 0.1) is 0 Å². The maximum Gasteiger partial charge on any atom is 0.144 e. The van der Waals surface area contributed by atoms with Crippen molar-refractivity contribution in [2.75, 3.05) is 20.8 Å². The lowest BCUT2D eigenvalue weighted by Gasteiger charge is -2.36. The van der Waals surface area contributed by atoms with Gasteiger partial charge in [-0.1, -0.05) is 54.6 Å². The van der Waals surface area contributed by atoms with Crippen LogP contribution in [-0.2, 0) is 23.5 Å². The molecule has 7 nitrogen and oxygen atoms in total. The van der Waals surface area contributed by atoms with E-state index in [4.69, 9.17) is 19.2 Å². The first kappa shape index (κ1) is 24.5. The molecule has 0 aliphatic carbocycles. The second-order valence-electron chi connectivity index (χ2n) is 8.56. The van der Waals surface area contributed by atoms with Crippen molar-refractivity contribution in [3.8, 4) is 11.5 Å². The zero-order valence-electron chi connectivity index (χ0n) is 20.9. The van der Waals surface area contributed by atoms with Crippen LogP contribution in [0.5, 0.6) is 11.5 Å². The SMILES string of the molecule is COc1ccc(C(OCc2nc3cnccc3n2CCO)(c2ccccc2)c2ccc(OC)cc2)cc1. The van der Waals surface area contributed by atoms with E-state index in [1.54, 1.807) is 26.6 Å². The Morgan fingerprint density at radius 3 is 1.95 bits per heavy atom. The molecule has 37 heavy (non-hydrogen) atoms. The Hall–Kier alpha value is -4.20. The lowest BCUT2D eigenvalue weighted by atomic mass is 9.80. The Labute approximate surface area is 215 Å². The van der Waals surface area contributed by atoms with Crippen LogP contribution < -0.4 is 9.47 Å². The molecular formula is C30H29N3O4. The van der Waals surface area contributed by atoms with E-state index in [2.05, 4.69) is 17.1 Å². The highest BCUT2D eigenvalue weighted by molar-refractivity contribution is 5.74. The van der Waals surface area contributed by atoms with Gasteiger partial charge in [-0.2, -0.15) is 0 Å². The third-order valence-electron chi connectivity index (χ3n) is 6.54. The van der Waals surface area contributed by atoms with Gasteiger partial charge in [0.05, 0.1) is 32.5 Å². The first-order chi connectivity index (χ1) is 18.2. The number of aliphatic hydroxyl groups excluding tert-OH is 1. The van der Waals surface area contributed by atoms with Crippen LogP contribution in [0.25, 0.3) is 11.0 Å². The van der Waals surface area contributed by atoms with Gasteiger partial charge < -0.3 is 23.9 Å². The summed E-state index contributed by atoms with van der Waals surface area (Å²) in [4.78, 5) is 9.00. The normalized spacial score (nSPS) is 11.5. The molecule has 0 amide bonds. The molecular weight excluding hydrogens is 466 g/mol. The fraction of sp³-hybridized carbons (Fsp3) is 0.200. The Bertz CT molecular complexity index is 1400. The monoisotopic (exact) mass is 495 g/mol. The van der Waals surface area contributed by atoms with E-state index in [-0.39, 0.29) is 13.2 Å². The molecule has 0 atom stereocenters. The fourth-order valence-electron chi connectivity index (χ4n) is 4.74. The van der Waals surface area contributed by atoms with E-state index in [1.807, 2.05) is 77.4 Å². The van der Waals surface area contributed by atoms with E-state index in [1.165, 1.54) is 0 Å². The van der Waals surface area contributed by atoms with Gasteiger partial charge in [-0.15, -0.1) is 0 Å². The summed E-state index contributed by atoms with van der Waals surface area (Å²) in [6, 6.07) is 27.9. The molecule has 0 unspecified atom stereocenters. The molecule has 2 aromatic heterocycles. The molecule has 5 rings (SSSR count). The summed E-state index contributed by atoms with van der Waals surface area (Å²) >= 11 is 0. The van der Waals surface area contributed by atoms with E-state index >= 15 is 0 Å². The Morgan fingerprint density at radius 2 is 1.38 bits per heavy atom. The molecule has 2 heterocycles. The van der Waals surface area contributed by atoms with Crippen molar-refractivity contribution in [3.05, 3.63) is 120 Å². The minimum Gasteiger partial charge on any atom is -0.497 e. The number of hydrogen-bond donors (Lipinski definition) is 1. The number of aromatic nitrogens is 3. The zero-order chi connectivity index (χ0) is 25.7. The van der Waals surface area contributed by atoms with Crippen LogP contribution in [0.3, 0.4) is 0 Å². The molecule has 0 aliphatic rings. The summed E-state index contributed by atoms with van der Waals surface area (Å²) in [5.74, 6) is 2.23. The van der Waals surface area contributed by atoms with E-state index in [0.717, 1.165) is 39.2 Å². The smallest absolute Gasteiger partial charge is 0.144 e. The van der Waals surface area contributed by atoms with Crippen molar-refractivity contribution >= 4 is 11.0 Å². The zero-order valence-corrected chi connectivity index (χ0v) is 20.9. The summed E-state index contributed by atoms with van der Waals surface area (Å²) in [6.45, 7) is 0.589. The summed E-state index contributed by atoms with van der Waals surface area (Å²) in [6.07, 6.45) is 3.45. The topological polar surface area (TPSA) is 78.6 Å². The molecule has 0 bridgehead atoms. The van der Waals surface area contributed by atoms with Crippen LogP contribution in [-0.4, -0.2) is 40.5 Å². The summed E-state index contributed by atoms with van der Waals surface area (Å²) in [5, 5.41) is 9.75. The maximum absolute atomic E-state index is 9.75. The summed E-state index contributed by atoms with van der Waals surface area (Å²) in [7, 11) is 3.31. The van der Waals surface area contributed by atoms with Gasteiger partial charge in [-0.3, -0.25) is 4.98 Å². The molecule has 188 valence electrons. The molecule has 0 saturated carbocycles. The number of fused-ring (bicyclic) bond motifs is 1. The molecule has 1 N–H and O–H groups in total. The minimum absolute atomic E-state index is 0.0123. The maximum atomic E-state index is 9.75. The quantitative estimate of drug-likeness (QED) is 0.276. The predicted molar refractivity (Wildman–Crippen MR) is 142 cm³/mol. The van der Waals surface area contributed by atoms with Crippen LogP contribution in [0.4, 0.5) is 0 Å². The van der Waals surface area contributed by atoms with Gasteiger partial charge in [0.15, 0.2) is 0 Å². The van der Waals surface area contributed by atoms with E-state index in [9.17, 15) is 5.11 Å². The average molecular weight is 496 g/mol. The number of ether oxygens (including phenoxy) is 3. The number of pyridine rings is 1. The van der Waals surface area contributed by atoms with E-state index in [0.29, 0.717) is 12.4 Å². The number of aliphatic hydroxyl groups is 1. The third-order valence-corrected chi connectivity index (χ3v) is 6.54. The number of methoxy groups -OCH3 is 2. The van der Waals surface area contributed by atoms with Gasteiger partial charge >= 0.3 is 0 Å². The summed E-state index contributed by atoms with van der Waals surface area (Å²) < 4.78 is 19.8. The Balaban J connectivity index is 1.68. The van der Waals surface area contributed by atoms with Crippen LogP contribution in [0.1, 0.15) is 22.5 Å². The standard InChI is InChI=1S/C30H29N3O4/c1-35-25-12-8-23(9-13-25)30(22-6-4-3-5-7-22,24-10-14-26(36-2)15-11-24)37-21-29-32-27-20-31-17-16-28(27)33(29)18-19-34/h3-17,20,34H,18-19,21H2,1-2H3. The first-order valence-corrected chi connectivity index (χ1v) is 12.1. The van der Waals surface area contributed by atoms with Crippen LogP contribution in [0.15, 0.2) is 97.3 Å². The number of imidazole rings is 1. The number of benzene rings is 3.